The van der Waals surface area contributed by atoms with E-state index in [1.54, 1.807) is 20.0 Å². The minimum absolute atomic E-state index is 0.00409. The molecule has 0 aliphatic carbocycles. The van der Waals surface area contributed by atoms with Crippen molar-refractivity contribution in [2.24, 2.45) is 0 Å². The summed E-state index contributed by atoms with van der Waals surface area (Å²) < 4.78 is 28.4. The summed E-state index contributed by atoms with van der Waals surface area (Å²) in [7, 11) is -1.46. The van der Waals surface area contributed by atoms with Crippen molar-refractivity contribution >= 4 is 26.7 Å². The molecule has 1 fully saturated rings. The Labute approximate surface area is 151 Å². The number of hydrogen-bond acceptors (Lipinski definition) is 6. The number of phenols is 1. The number of carbonyl (C=O) groups excluding carboxylic acids is 1. The van der Waals surface area contributed by atoms with E-state index in [9.17, 15) is 23.1 Å². The van der Waals surface area contributed by atoms with E-state index in [4.69, 9.17) is 4.42 Å². The average molecular weight is 379 g/mol. The van der Waals surface area contributed by atoms with Gasteiger partial charge < -0.3 is 14.4 Å². The highest BCUT2D eigenvalue weighted by molar-refractivity contribution is 7.91. The fourth-order valence-corrected chi connectivity index (χ4v) is 5.14. The van der Waals surface area contributed by atoms with Crippen molar-refractivity contribution < 1.29 is 22.7 Å². The van der Waals surface area contributed by atoms with Crippen LogP contribution in [0.2, 0.25) is 0 Å². The summed E-state index contributed by atoms with van der Waals surface area (Å²) in [5.41, 5.74) is 0.912. The molecule has 8 heteroatoms. The van der Waals surface area contributed by atoms with Gasteiger partial charge in [-0.25, -0.2) is 13.2 Å². The van der Waals surface area contributed by atoms with E-state index in [0.29, 0.717) is 23.0 Å². The highest BCUT2D eigenvalue weighted by Gasteiger charge is 2.32. The van der Waals surface area contributed by atoms with E-state index in [0.717, 1.165) is 5.56 Å². The summed E-state index contributed by atoms with van der Waals surface area (Å²) in [5.74, 6) is -0.0846. The number of phenolic OH excluding ortho intramolecular Hbond substituents is 1. The third-order valence-corrected chi connectivity index (χ3v) is 6.76. The zero-order valence-electron chi connectivity index (χ0n) is 14.7. The predicted octanol–water partition coefficient (Wildman–Crippen LogP) is 1.39. The van der Waals surface area contributed by atoms with E-state index in [2.05, 4.69) is 0 Å². The van der Waals surface area contributed by atoms with Gasteiger partial charge in [0.2, 0.25) is 5.91 Å². The van der Waals surface area contributed by atoms with E-state index < -0.39 is 15.5 Å². The van der Waals surface area contributed by atoms with Crippen molar-refractivity contribution in [3.63, 3.8) is 0 Å². The zero-order chi connectivity index (χ0) is 19.1. The largest absolute Gasteiger partial charge is 0.508 e. The van der Waals surface area contributed by atoms with Crippen molar-refractivity contribution in [3.8, 4) is 5.75 Å². The molecular weight excluding hydrogens is 358 g/mol. The van der Waals surface area contributed by atoms with Gasteiger partial charge in [0.25, 0.3) is 0 Å². The van der Waals surface area contributed by atoms with Crippen LogP contribution in [0, 0.1) is 6.92 Å². The normalized spacial score (nSPS) is 18.9. The van der Waals surface area contributed by atoms with Crippen molar-refractivity contribution in [1.29, 1.82) is 0 Å². The summed E-state index contributed by atoms with van der Waals surface area (Å²) >= 11 is 0. The monoisotopic (exact) mass is 379 g/mol. The van der Waals surface area contributed by atoms with Gasteiger partial charge in [0.1, 0.15) is 11.3 Å². The maximum absolute atomic E-state index is 12.4. The Morgan fingerprint density at radius 2 is 2.12 bits per heavy atom. The minimum atomic E-state index is -3.06. The Balaban J connectivity index is 1.76. The Kier molecular flexibility index (Phi) is 4.79. The van der Waals surface area contributed by atoms with E-state index >= 15 is 0 Å². The molecule has 3 rings (SSSR count). The highest BCUT2D eigenvalue weighted by Crippen LogP contribution is 2.24. The van der Waals surface area contributed by atoms with Crippen molar-refractivity contribution in [3.05, 3.63) is 39.7 Å². The lowest BCUT2D eigenvalue weighted by Crippen LogP contribution is -2.38. The molecule has 2 heterocycles. The molecule has 7 nitrogen and oxygen atoms in total. The van der Waals surface area contributed by atoms with Crippen LogP contribution in [-0.2, 0) is 21.1 Å². The van der Waals surface area contributed by atoms with Gasteiger partial charge in [-0.3, -0.25) is 4.79 Å². The van der Waals surface area contributed by atoms with Gasteiger partial charge in [0.15, 0.2) is 9.84 Å². The topological polar surface area (TPSA) is 105 Å². The molecule has 140 valence electrons. The van der Waals surface area contributed by atoms with E-state index in [1.165, 1.54) is 17.0 Å². The molecule has 2 aromatic rings. The second-order valence-electron chi connectivity index (χ2n) is 6.74. The lowest BCUT2D eigenvalue weighted by atomic mass is 10.0. The number of carbonyl (C=O) groups is 1. The van der Waals surface area contributed by atoms with Crippen molar-refractivity contribution in [1.82, 2.24) is 4.90 Å². The van der Waals surface area contributed by atoms with Crippen LogP contribution in [0.15, 0.2) is 27.4 Å². The van der Waals surface area contributed by atoms with Gasteiger partial charge in [0.05, 0.1) is 11.5 Å². The second kappa shape index (κ2) is 6.75. The fraction of sp³-hybridized carbons (Fsp3) is 0.444. The van der Waals surface area contributed by atoms with Gasteiger partial charge >= 0.3 is 5.63 Å². The first-order valence-electron chi connectivity index (χ1n) is 8.39. The van der Waals surface area contributed by atoms with Crippen LogP contribution >= 0.6 is 0 Å². The molecule has 1 saturated heterocycles. The number of rotatable bonds is 4. The maximum atomic E-state index is 12.4. The number of aryl methyl sites for hydroxylation is 1. The molecule has 1 aromatic heterocycles. The highest BCUT2D eigenvalue weighted by atomic mass is 32.2. The molecule has 1 atom stereocenters. The van der Waals surface area contributed by atoms with Crippen LogP contribution in [0.3, 0.4) is 0 Å². The first-order valence-corrected chi connectivity index (χ1v) is 10.2. The summed E-state index contributed by atoms with van der Waals surface area (Å²) in [6.07, 6.45) is 0.765. The van der Waals surface area contributed by atoms with Crippen molar-refractivity contribution in [2.45, 2.75) is 32.2 Å². The van der Waals surface area contributed by atoms with Gasteiger partial charge in [-0.2, -0.15) is 0 Å². The Morgan fingerprint density at radius 1 is 1.38 bits per heavy atom. The number of aromatic hydroxyl groups is 1. The molecule has 0 spiro atoms. The molecule has 1 aliphatic heterocycles. The fourth-order valence-electron chi connectivity index (χ4n) is 3.36. The van der Waals surface area contributed by atoms with Crippen LogP contribution < -0.4 is 5.63 Å². The first-order chi connectivity index (χ1) is 12.2. The smallest absolute Gasteiger partial charge is 0.339 e. The zero-order valence-corrected chi connectivity index (χ0v) is 15.5. The van der Waals surface area contributed by atoms with E-state index in [-0.39, 0.29) is 42.0 Å². The Morgan fingerprint density at radius 3 is 2.77 bits per heavy atom. The molecule has 1 N–H and O–H groups in total. The summed E-state index contributed by atoms with van der Waals surface area (Å²) in [6, 6.07) is 4.26. The molecule has 1 amide bonds. The molecule has 1 unspecified atom stereocenters. The van der Waals surface area contributed by atoms with Crippen LogP contribution in [0.4, 0.5) is 0 Å². The predicted molar refractivity (Wildman–Crippen MR) is 97.0 cm³/mol. The number of nitrogens with zero attached hydrogens (tertiary/aromatic N) is 1. The van der Waals surface area contributed by atoms with Gasteiger partial charge in [-0.05, 0) is 37.5 Å². The second-order valence-corrected chi connectivity index (χ2v) is 8.96. The molecule has 0 saturated carbocycles. The molecule has 0 radical (unpaired) electrons. The third kappa shape index (κ3) is 3.60. The van der Waals surface area contributed by atoms with Crippen LogP contribution in [0.1, 0.15) is 24.0 Å². The minimum Gasteiger partial charge on any atom is -0.508 e. The molecule has 1 aliphatic rings. The summed E-state index contributed by atoms with van der Waals surface area (Å²) in [5, 5.41) is 10.2. The first kappa shape index (κ1) is 18.4. The van der Waals surface area contributed by atoms with Gasteiger partial charge in [-0.15, -0.1) is 0 Å². The Hall–Kier alpha value is -2.35. The van der Waals surface area contributed by atoms with Crippen LogP contribution in [-0.4, -0.2) is 48.9 Å². The summed E-state index contributed by atoms with van der Waals surface area (Å²) in [4.78, 5) is 26.1. The number of amides is 1. The third-order valence-electron chi connectivity index (χ3n) is 5.01. The quantitative estimate of drug-likeness (QED) is 0.805. The number of benzene rings is 1. The average Bonchev–Trinajstić information content (AvgIpc) is 2.93. The maximum Gasteiger partial charge on any atom is 0.339 e. The van der Waals surface area contributed by atoms with E-state index in [1.807, 2.05) is 0 Å². The Bertz CT molecular complexity index is 1020. The van der Waals surface area contributed by atoms with Gasteiger partial charge in [-0.1, -0.05) is 0 Å². The molecule has 0 bridgehead atoms. The molecular formula is C18H21NO6S. The number of fused-ring (bicyclic) bond motifs is 1. The lowest BCUT2D eigenvalue weighted by Gasteiger charge is -2.23. The standard InChI is InChI=1S/C18H21NO6S/c1-11-14-4-3-13(20)9-16(14)25-18(22)15(11)5-6-17(21)19(2)12-7-8-26(23,24)10-12/h3-4,9,12,20H,5-8,10H2,1-2H3. The summed E-state index contributed by atoms with van der Waals surface area (Å²) in [6.45, 7) is 1.78. The van der Waals surface area contributed by atoms with Crippen molar-refractivity contribution in [2.75, 3.05) is 18.6 Å². The van der Waals surface area contributed by atoms with Gasteiger partial charge in [0, 0.05) is 36.5 Å². The SMILES string of the molecule is Cc1c(CCC(=O)N(C)C2CCS(=O)(=O)C2)c(=O)oc2cc(O)ccc12. The lowest BCUT2D eigenvalue weighted by molar-refractivity contribution is -0.131. The number of sulfone groups is 1. The van der Waals surface area contributed by atoms with Crippen LogP contribution in [0.25, 0.3) is 11.0 Å². The molecule has 1 aromatic carbocycles. The number of hydrogen-bond donors (Lipinski definition) is 1. The molecule has 26 heavy (non-hydrogen) atoms. The van der Waals surface area contributed by atoms with Crippen LogP contribution in [0.5, 0.6) is 5.75 Å².